The molecule has 1 aromatic carbocycles. The summed E-state index contributed by atoms with van der Waals surface area (Å²) in [6, 6.07) is 10.2. The van der Waals surface area contributed by atoms with E-state index < -0.39 is 0 Å². The maximum Gasteiger partial charge on any atom is 0.216 e. The molecular weight excluding hydrogens is 308 g/mol. The highest BCUT2D eigenvalue weighted by atomic mass is 32.1. The minimum Gasteiger partial charge on any atom is -0.373 e. The largest absolute Gasteiger partial charge is 0.373 e. The molecule has 3 heterocycles. The Balaban J connectivity index is 1.59. The van der Waals surface area contributed by atoms with Crippen LogP contribution in [-0.4, -0.2) is 44.8 Å². The van der Waals surface area contributed by atoms with Crippen LogP contribution in [0.3, 0.4) is 0 Å². The van der Waals surface area contributed by atoms with Crippen molar-refractivity contribution in [3.63, 3.8) is 0 Å². The predicted octanol–water partition coefficient (Wildman–Crippen LogP) is 3.07. The Morgan fingerprint density at radius 2 is 1.87 bits per heavy atom. The van der Waals surface area contributed by atoms with Crippen molar-refractivity contribution in [2.75, 3.05) is 13.1 Å². The quantitative estimate of drug-likeness (QED) is 0.741. The van der Waals surface area contributed by atoms with E-state index in [9.17, 15) is 0 Å². The summed E-state index contributed by atoms with van der Waals surface area (Å²) in [6.07, 6.45) is 2.77. The van der Waals surface area contributed by atoms with Gasteiger partial charge in [-0.2, -0.15) is 0 Å². The molecule has 0 N–H and O–H groups in total. The van der Waals surface area contributed by atoms with Gasteiger partial charge in [0.15, 0.2) is 5.82 Å². The van der Waals surface area contributed by atoms with Crippen LogP contribution in [0.15, 0.2) is 36.5 Å². The summed E-state index contributed by atoms with van der Waals surface area (Å²) in [7, 11) is 0. The van der Waals surface area contributed by atoms with E-state index in [4.69, 9.17) is 4.74 Å². The number of thiazole rings is 1. The zero-order valence-electron chi connectivity index (χ0n) is 13.3. The Morgan fingerprint density at radius 1 is 1.13 bits per heavy atom. The minimum absolute atomic E-state index is 0.296. The fraction of sp³-hybridized carbons (Fsp3) is 0.412. The van der Waals surface area contributed by atoms with Crippen molar-refractivity contribution in [2.24, 2.45) is 0 Å². The van der Waals surface area contributed by atoms with Crippen molar-refractivity contribution in [1.29, 1.82) is 0 Å². The first kappa shape index (κ1) is 14.8. The van der Waals surface area contributed by atoms with Crippen LogP contribution >= 0.6 is 11.3 Å². The molecule has 2 aromatic heterocycles. The molecule has 1 aliphatic rings. The fourth-order valence-electron chi connectivity index (χ4n) is 3.24. The van der Waals surface area contributed by atoms with E-state index in [0.717, 1.165) is 36.0 Å². The molecule has 0 bridgehead atoms. The lowest BCUT2D eigenvalue weighted by molar-refractivity contribution is -0.0702. The monoisotopic (exact) mass is 328 g/mol. The van der Waals surface area contributed by atoms with E-state index >= 15 is 0 Å². The lowest BCUT2D eigenvalue weighted by Crippen LogP contribution is -2.44. The standard InChI is InChI=1S/C17H20N4OS/c1-12-8-20(9-13(2)22-12)10-15-11-21-16(18-19-17(21)23-15)14-6-4-3-5-7-14/h3-7,11-13H,8-10H2,1-2H3. The van der Waals surface area contributed by atoms with Crippen LogP contribution in [0.2, 0.25) is 0 Å². The van der Waals surface area contributed by atoms with Crippen molar-refractivity contribution in [1.82, 2.24) is 19.5 Å². The van der Waals surface area contributed by atoms with E-state index in [-0.39, 0.29) is 0 Å². The summed E-state index contributed by atoms with van der Waals surface area (Å²) in [4.78, 5) is 4.72. The molecule has 1 fully saturated rings. The number of fused-ring (bicyclic) bond motifs is 1. The maximum absolute atomic E-state index is 5.81. The van der Waals surface area contributed by atoms with E-state index in [1.54, 1.807) is 11.3 Å². The third-order valence-corrected chi connectivity index (χ3v) is 5.02. The molecule has 1 saturated heterocycles. The second-order valence-electron chi connectivity index (χ2n) is 6.19. The molecule has 4 rings (SSSR count). The van der Waals surface area contributed by atoms with Crippen molar-refractivity contribution < 1.29 is 4.74 Å². The maximum atomic E-state index is 5.81. The summed E-state index contributed by atoms with van der Waals surface area (Å²) in [5.74, 6) is 0.909. The van der Waals surface area contributed by atoms with Crippen molar-refractivity contribution in [2.45, 2.75) is 32.6 Å². The average molecular weight is 328 g/mol. The third kappa shape index (κ3) is 3.02. The van der Waals surface area contributed by atoms with Gasteiger partial charge in [0.25, 0.3) is 0 Å². The van der Waals surface area contributed by atoms with Crippen LogP contribution in [-0.2, 0) is 11.3 Å². The van der Waals surface area contributed by atoms with E-state index in [1.807, 2.05) is 18.2 Å². The van der Waals surface area contributed by atoms with Crippen LogP contribution in [0.25, 0.3) is 16.3 Å². The molecule has 120 valence electrons. The van der Waals surface area contributed by atoms with Gasteiger partial charge < -0.3 is 4.74 Å². The van der Waals surface area contributed by atoms with Crippen molar-refractivity contribution in [3.05, 3.63) is 41.4 Å². The van der Waals surface area contributed by atoms with Crippen LogP contribution in [0.1, 0.15) is 18.7 Å². The molecule has 23 heavy (non-hydrogen) atoms. The molecule has 0 amide bonds. The van der Waals surface area contributed by atoms with Gasteiger partial charge >= 0.3 is 0 Å². The Hall–Kier alpha value is -1.76. The molecule has 0 aliphatic carbocycles. The number of morpholine rings is 1. The van der Waals surface area contributed by atoms with Gasteiger partial charge in [-0.25, -0.2) is 0 Å². The number of aromatic nitrogens is 3. The molecule has 6 heteroatoms. The number of nitrogens with zero attached hydrogens (tertiary/aromatic N) is 4. The lowest BCUT2D eigenvalue weighted by Gasteiger charge is -2.34. The van der Waals surface area contributed by atoms with Gasteiger partial charge in [0.05, 0.1) is 12.2 Å². The second kappa shape index (κ2) is 6.03. The Bertz CT molecular complexity index is 787. The topological polar surface area (TPSA) is 42.7 Å². The SMILES string of the molecule is CC1CN(Cc2cn3c(-c4ccccc4)nnc3s2)CC(C)O1. The minimum atomic E-state index is 0.296. The smallest absolute Gasteiger partial charge is 0.216 e. The second-order valence-corrected chi connectivity index (χ2v) is 7.28. The van der Waals surface area contributed by atoms with Gasteiger partial charge in [0.1, 0.15) is 0 Å². The van der Waals surface area contributed by atoms with Gasteiger partial charge in [-0.05, 0) is 13.8 Å². The molecule has 2 atom stereocenters. The summed E-state index contributed by atoms with van der Waals surface area (Å²) >= 11 is 1.72. The summed E-state index contributed by atoms with van der Waals surface area (Å²) < 4.78 is 7.91. The van der Waals surface area contributed by atoms with Gasteiger partial charge in [0.2, 0.25) is 4.96 Å². The Kier molecular flexibility index (Phi) is 3.88. The lowest BCUT2D eigenvalue weighted by atomic mass is 10.2. The van der Waals surface area contributed by atoms with Crippen molar-refractivity contribution >= 4 is 16.3 Å². The van der Waals surface area contributed by atoms with Crippen LogP contribution < -0.4 is 0 Å². The van der Waals surface area contributed by atoms with E-state index in [0.29, 0.717) is 12.2 Å². The normalized spacial score (nSPS) is 22.7. The fourth-order valence-corrected chi connectivity index (χ4v) is 4.20. The van der Waals surface area contributed by atoms with E-state index in [2.05, 4.69) is 51.7 Å². The van der Waals surface area contributed by atoms with Gasteiger partial charge in [-0.15, -0.1) is 10.2 Å². The molecule has 0 radical (unpaired) electrons. The zero-order valence-corrected chi connectivity index (χ0v) is 14.2. The molecule has 3 aromatic rings. The van der Waals surface area contributed by atoms with Gasteiger partial charge in [-0.3, -0.25) is 9.30 Å². The molecular formula is C17H20N4OS. The van der Waals surface area contributed by atoms with Crippen LogP contribution in [0.4, 0.5) is 0 Å². The average Bonchev–Trinajstić information content (AvgIpc) is 3.06. The number of ether oxygens (including phenoxy) is 1. The highest BCUT2D eigenvalue weighted by Gasteiger charge is 2.23. The molecule has 1 aliphatic heterocycles. The third-order valence-electron chi connectivity index (χ3n) is 4.07. The van der Waals surface area contributed by atoms with Gasteiger partial charge in [-0.1, -0.05) is 41.7 Å². The Labute approximate surface area is 139 Å². The van der Waals surface area contributed by atoms with E-state index in [1.165, 1.54) is 4.88 Å². The number of hydrogen-bond acceptors (Lipinski definition) is 5. The molecule has 0 spiro atoms. The zero-order chi connectivity index (χ0) is 15.8. The summed E-state index contributed by atoms with van der Waals surface area (Å²) in [5, 5.41) is 8.65. The summed E-state index contributed by atoms with van der Waals surface area (Å²) in [6.45, 7) is 7.19. The number of rotatable bonds is 3. The predicted molar refractivity (Wildman–Crippen MR) is 91.6 cm³/mol. The first-order chi connectivity index (χ1) is 11.2. The number of hydrogen-bond donors (Lipinski definition) is 0. The number of benzene rings is 1. The van der Waals surface area contributed by atoms with Crippen LogP contribution in [0, 0.1) is 0 Å². The molecule has 0 saturated carbocycles. The van der Waals surface area contributed by atoms with Crippen LogP contribution in [0.5, 0.6) is 0 Å². The van der Waals surface area contributed by atoms with Gasteiger partial charge in [0, 0.05) is 36.3 Å². The first-order valence-corrected chi connectivity index (χ1v) is 8.77. The Morgan fingerprint density at radius 3 is 2.61 bits per heavy atom. The highest BCUT2D eigenvalue weighted by molar-refractivity contribution is 7.17. The molecule has 5 nitrogen and oxygen atoms in total. The summed E-state index contributed by atoms with van der Waals surface area (Å²) in [5.41, 5.74) is 1.10. The first-order valence-electron chi connectivity index (χ1n) is 7.96. The molecule has 2 unspecified atom stereocenters. The highest BCUT2D eigenvalue weighted by Crippen LogP contribution is 2.25. The van der Waals surface area contributed by atoms with Crippen molar-refractivity contribution in [3.8, 4) is 11.4 Å².